The minimum absolute atomic E-state index is 0.168. The first-order chi connectivity index (χ1) is 13.2. The zero-order chi connectivity index (χ0) is 18.6. The Hall–Kier alpha value is -3.66. The summed E-state index contributed by atoms with van der Waals surface area (Å²) >= 11 is 0. The fourth-order valence-electron chi connectivity index (χ4n) is 2.85. The fraction of sp³-hybridized carbons (Fsp3) is 0. The Labute approximate surface area is 156 Å². The van der Waals surface area contributed by atoms with Gasteiger partial charge < -0.3 is 9.73 Å². The largest absolute Gasteiger partial charge is 0.451 e. The fourth-order valence-corrected chi connectivity index (χ4v) is 2.85. The van der Waals surface area contributed by atoms with Gasteiger partial charge in [0.15, 0.2) is 5.76 Å². The molecule has 0 bridgehead atoms. The van der Waals surface area contributed by atoms with Gasteiger partial charge in [0.2, 0.25) is 0 Å². The van der Waals surface area contributed by atoms with Crippen LogP contribution in [-0.4, -0.2) is 5.91 Å². The van der Waals surface area contributed by atoms with Crippen LogP contribution in [0.15, 0.2) is 95.4 Å². The van der Waals surface area contributed by atoms with Gasteiger partial charge in [-0.25, -0.2) is 4.39 Å². The molecule has 0 fully saturated rings. The number of amides is 1. The lowest BCUT2D eigenvalue weighted by Crippen LogP contribution is -2.10. The number of benzene rings is 3. The van der Waals surface area contributed by atoms with Gasteiger partial charge in [-0.3, -0.25) is 4.79 Å². The van der Waals surface area contributed by atoms with Crippen molar-refractivity contribution in [3.05, 3.63) is 103 Å². The molecule has 4 heteroatoms. The van der Waals surface area contributed by atoms with Gasteiger partial charge >= 0.3 is 0 Å². The summed E-state index contributed by atoms with van der Waals surface area (Å²) in [5.74, 6) is -0.0904. The Kier molecular flexibility index (Phi) is 4.54. The Morgan fingerprint density at radius 1 is 0.778 bits per heavy atom. The molecule has 1 amide bonds. The number of carbonyl (C=O) groups excluding carboxylic acids is 1. The Morgan fingerprint density at radius 2 is 1.48 bits per heavy atom. The second-order valence-corrected chi connectivity index (χ2v) is 6.04. The molecule has 0 saturated carbocycles. The topological polar surface area (TPSA) is 42.2 Å². The SMILES string of the molecule is O=C(Nc1ccccc1)c1ccc(-c2ccc(-c3ccccc3)c(F)c2)o1. The number of rotatable bonds is 4. The molecule has 0 aliphatic heterocycles. The van der Waals surface area contributed by atoms with Crippen molar-refractivity contribution in [1.82, 2.24) is 0 Å². The number of anilines is 1. The van der Waals surface area contributed by atoms with Gasteiger partial charge in [-0.1, -0.05) is 60.7 Å². The van der Waals surface area contributed by atoms with Gasteiger partial charge in [-0.2, -0.15) is 0 Å². The van der Waals surface area contributed by atoms with Gasteiger partial charge in [-0.15, -0.1) is 0 Å². The number of hydrogen-bond acceptors (Lipinski definition) is 2. The number of halogens is 1. The molecule has 0 unspecified atom stereocenters. The predicted octanol–water partition coefficient (Wildman–Crippen LogP) is 6.01. The van der Waals surface area contributed by atoms with E-state index < -0.39 is 0 Å². The van der Waals surface area contributed by atoms with E-state index >= 15 is 0 Å². The summed E-state index contributed by atoms with van der Waals surface area (Å²) in [4.78, 5) is 12.3. The molecule has 4 rings (SSSR count). The van der Waals surface area contributed by atoms with Crippen molar-refractivity contribution in [2.24, 2.45) is 0 Å². The highest BCUT2D eigenvalue weighted by atomic mass is 19.1. The lowest BCUT2D eigenvalue weighted by Gasteiger charge is -2.05. The van der Waals surface area contributed by atoms with E-state index in [4.69, 9.17) is 4.42 Å². The Balaban J connectivity index is 1.56. The van der Waals surface area contributed by atoms with Crippen molar-refractivity contribution < 1.29 is 13.6 Å². The molecule has 0 aliphatic carbocycles. The number of nitrogens with one attached hydrogen (secondary N) is 1. The zero-order valence-electron chi connectivity index (χ0n) is 14.4. The average molecular weight is 357 g/mol. The third-order valence-corrected chi connectivity index (χ3v) is 4.20. The number of para-hydroxylation sites is 1. The van der Waals surface area contributed by atoms with Crippen LogP contribution in [-0.2, 0) is 0 Å². The van der Waals surface area contributed by atoms with E-state index in [-0.39, 0.29) is 17.5 Å². The molecule has 132 valence electrons. The van der Waals surface area contributed by atoms with Crippen LogP contribution >= 0.6 is 0 Å². The van der Waals surface area contributed by atoms with Crippen LogP contribution < -0.4 is 5.32 Å². The highest BCUT2D eigenvalue weighted by Crippen LogP contribution is 2.29. The van der Waals surface area contributed by atoms with E-state index in [2.05, 4.69) is 5.32 Å². The van der Waals surface area contributed by atoms with Crippen molar-refractivity contribution in [2.45, 2.75) is 0 Å². The molecule has 0 spiro atoms. The van der Waals surface area contributed by atoms with E-state index in [1.54, 1.807) is 36.4 Å². The van der Waals surface area contributed by atoms with Crippen molar-refractivity contribution in [1.29, 1.82) is 0 Å². The van der Waals surface area contributed by atoms with E-state index in [9.17, 15) is 9.18 Å². The lowest BCUT2D eigenvalue weighted by atomic mass is 10.0. The van der Waals surface area contributed by atoms with Gasteiger partial charge in [0.05, 0.1) is 0 Å². The first-order valence-corrected chi connectivity index (χ1v) is 8.52. The number of hydrogen-bond donors (Lipinski definition) is 1. The van der Waals surface area contributed by atoms with Crippen LogP contribution in [0.5, 0.6) is 0 Å². The van der Waals surface area contributed by atoms with Crippen molar-refractivity contribution >= 4 is 11.6 Å². The summed E-state index contributed by atoms with van der Waals surface area (Å²) in [7, 11) is 0. The lowest BCUT2D eigenvalue weighted by molar-refractivity contribution is 0.0997. The maximum absolute atomic E-state index is 14.6. The molecule has 1 heterocycles. The van der Waals surface area contributed by atoms with Crippen molar-refractivity contribution in [3.63, 3.8) is 0 Å². The predicted molar refractivity (Wildman–Crippen MR) is 104 cm³/mol. The van der Waals surface area contributed by atoms with Gasteiger partial charge in [0, 0.05) is 16.8 Å². The zero-order valence-corrected chi connectivity index (χ0v) is 14.4. The molecule has 0 aliphatic rings. The Bertz CT molecular complexity index is 1070. The molecule has 1 aromatic heterocycles. The summed E-state index contributed by atoms with van der Waals surface area (Å²) in [5.41, 5.74) is 2.58. The van der Waals surface area contributed by atoms with Crippen LogP contribution in [0.4, 0.5) is 10.1 Å². The van der Waals surface area contributed by atoms with Gasteiger partial charge in [0.25, 0.3) is 5.91 Å². The maximum atomic E-state index is 14.6. The second-order valence-electron chi connectivity index (χ2n) is 6.04. The molecule has 3 nitrogen and oxygen atoms in total. The highest BCUT2D eigenvalue weighted by Gasteiger charge is 2.14. The molecule has 27 heavy (non-hydrogen) atoms. The average Bonchev–Trinajstić information content (AvgIpc) is 3.20. The third kappa shape index (κ3) is 3.65. The van der Waals surface area contributed by atoms with Gasteiger partial charge in [-0.05, 0) is 35.9 Å². The quantitative estimate of drug-likeness (QED) is 0.486. The van der Waals surface area contributed by atoms with E-state index in [0.717, 1.165) is 5.56 Å². The van der Waals surface area contributed by atoms with E-state index in [0.29, 0.717) is 22.6 Å². The standard InChI is InChI=1S/C23H16FNO2/c24-20-15-17(11-12-19(20)16-7-3-1-4-8-16)21-13-14-22(27-21)23(26)25-18-9-5-2-6-10-18/h1-15H,(H,25,26). The Morgan fingerprint density at radius 3 is 2.19 bits per heavy atom. The minimum atomic E-state index is -0.353. The molecule has 3 aromatic carbocycles. The maximum Gasteiger partial charge on any atom is 0.291 e. The normalized spacial score (nSPS) is 10.6. The summed E-state index contributed by atoms with van der Waals surface area (Å²) in [6.45, 7) is 0. The summed E-state index contributed by atoms with van der Waals surface area (Å²) in [5, 5.41) is 2.76. The first-order valence-electron chi connectivity index (χ1n) is 8.52. The van der Waals surface area contributed by atoms with Crippen LogP contribution in [0.2, 0.25) is 0 Å². The van der Waals surface area contributed by atoms with Gasteiger partial charge in [0.1, 0.15) is 11.6 Å². The molecular weight excluding hydrogens is 341 g/mol. The van der Waals surface area contributed by atoms with E-state index in [1.165, 1.54) is 6.07 Å². The smallest absolute Gasteiger partial charge is 0.291 e. The van der Waals surface area contributed by atoms with Crippen LogP contribution in [0.3, 0.4) is 0 Å². The first kappa shape index (κ1) is 16.8. The third-order valence-electron chi connectivity index (χ3n) is 4.20. The summed E-state index contributed by atoms with van der Waals surface area (Å²) in [6.07, 6.45) is 0. The molecule has 4 aromatic rings. The van der Waals surface area contributed by atoms with E-state index in [1.807, 2.05) is 48.5 Å². The molecule has 1 N–H and O–H groups in total. The minimum Gasteiger partial charge on any atom is -0.451 e. The van der Waals surface area contributed by atoms with Crippen LogP contribution in [0.1, 0.15) is 10.6 Å². The molecule has 0 atom stereocenters. The highest BCUT2D eigenvalue weighted by molar-refractivity contribution is 6.02. The van der Waals surface area contributed by atoms with Crippen molar-refractivity contribution in [2.75, 3.05) is 5.32 Å². The molecule has 0 saturated heterocycles. The summed E-state index contributed by atoms with van der Waals surface area (Å²) < 4.78 is 20.2. The monoisotopic (exact) mass is 357 g/mol. The molecular formula is C23H16FNO2. The summed E-state index contributed by atoms with van der Waals surface area (Å²) in [6, 6.07) is 26.6. The second kappa shape index (κ2) is 7.30. The van der Waals surface area contributed by atoms with Crippen molar-refractivity contribution in [3.8, 4) is 22.5 Å². The molecule has 0 radical (unpaired) electrons. The van der Waals surface area contributed by atoms with Crippen LogP contribution in [0.25, 0.3) is 22.5 Å². The number of carbonyl (C=O) groups is 1. The van der Waals surface area contributed by atoms with Crippen LogP contribution in [0, 0.1) is 5.82 Å². The number of furan rings is 1.